The average molecular weight is 299 g/mol. The number of aryl methyl sites for hydroxylation is 2. The number of carbonyl (C=O) groups excluding carboxylic acids is 1. The molecule has 0 unspecified atom stereocenters. The number of amides is 1. The van der Waals surface area contributed by atoms with Crippen LogP contribution in [0.25, 0.3) is 0 Å². The summed E-state index contributed by atoms with van der Waals surface area (Å²) in [5.41, 5.74) is 2.78. The van der Waals surface area contributed by atoms with Crippen molar-refractivity contribution in [1.29, 1.82) is 0 Å². The van der Waals surface area contributed by atoms with E-state index < -0.39 is 0 Å². The fraction of sp³-hybridized carbons (Fsp3) is 0.533. The first-order valence-electron chi connectivity index (χ1n) is 6.81. The zero-order valence-electron chi connectivity index (χ0n) is 12.4. The number of nitrogens with one attached hydrogen (secondary N) is 2. The van der Waals surface area contributed by atoms with Gasteiger partial charge in [0, 0.05) is 26.7 Å². The Hall–Kier alpha value is -1.10. The van der Waals surface area contributed by atoms with Gasteiger partial charge in [-0.25, -0.2) is 0 Å². The molecule has 1 rings (SSSR count). The highest BCUT2D eigenvalue weighted by Gasteiger charge is 2.09. The fourth-order valence-corrected chi connectivity index (χ4v) is 2.31. The highest BCUT2D eigenvalue weighted by molar-refractivity contribution is 6.34. The minimum absolute atomic E-state index is 0.0295. The van der Waals surface area contributed by atoms with Crippen LogP contribution in [-0.2, 0) is 9.53 Å². The largest absolute Gasteiger partial charge is 0.385 e. The Kier molecular flexibility index (Phi) is 7.59. The molecule has 0 atom stereocenters. The smallest absolute Gasteiger partial charge is 0.225 e. The first-order valence-corrected chi connectivity index (χ1v) is 7.18. The third-order valence-corrected chi connectivity index (χ3v) is 3.23. The molecule has 0 radical (unpaired) electrons. The van der Waals surface area contributed by atoms with E-state index in [1.807, 2.05) is 26.0 Å². The second kappa shape index (κ2) is 8.95. The van der Waals surface area contributed by atoms with E-state index in [9.17, 15) is 4.79 Å². The summed E-state index contributed by atoms with van der Waals surface area (Å²) in [4.78, 5) is 11.9. The molecule has 0 aliphatic rings. The lowest BCUT2D eigenvalue weighted by Crippen LogP contribution is -2.23. The molecule has 0 bridgehead atoms. The van der Waals surface area contributed by atoms with Crippen LogP contribution in [0.3, 0.4) is 0 Å². The van der Waals surface area contributed by atoms with Crippen LogP contribution in [0, 0.1) is 13.8 Å². The Morgan fingerprint density at radius 3 is 2.70 bits per heavy atom. The first kappa shape index (κ1) is 17.0. The van der Waals surface area contributed by atoms with Gasteiger partial charge in [0.15, 0.2) is 0 Å². The van der Waals surface area contributed by atoms with Crippen molar-refractivity contribution in [2.75, 3.05) is 32.1 Å². The van der Waals surface area contributed by atoms with E-state index in [2.05, 4.69) is 10.6 Å². The average Bonchev–Trinajstić information content (AvgIpc) is 2.38. The van der Waals surface area contributed by atoms with E-state index >= 15 is 0 Å². The van der Waals surface area contributed by atoms with Gasteiger partial charge in [0.05, 0.1) is 10.7 Å². The van der Waals surface area contributed by atoms with Crippen LogP contribution in [0.1, 0.15) is 24.0 Å². The summed E-state index contributed by atoms with van der Waals surface area (Å²) in [6.07, 6.45) is 1.37. The Balaban J connectivity index is 2.36. The van der Waals surface area contributed by atoms with E-state index in [1.54, 1.807) is 7.11 Å². The first-order chi connectivity index (χ1) is 9.54. The van der Waals surface area contributed by atoms with Gasteiger partial charge in [-0.2, -0.15) is 0 Å². The van der Waals surface area contributed by atoms with Gasteiger partial charge in [0.25, 0.3) is 0 Å². The van der Waals surface area contributed by atoms with E-state index in [1.165, 1.54) is 0 Å². The van der Waals surface area contributed by atoms with Crippen LogP contribution in [0.15, 0.2) is 12.1 Å². The van der Waals surface area contributed by atoms with Crippen molar-refractivity contribution in [2.24, 2.45) is 0 Å². The summed E-state index contributed by atoms with van der Waals surface area (Å²) in [6.45, 7) is 6.16. The van der Waals surface area contributed by atoms with Gasteiger partial charge in [-0.1, -0.05) is 17.7 Å². The van der Waals surface area contributed by atoms with Crippen molar-refractivity contribution in [3.05, 3.63) is 28.3 Å². The lowest BCUT2D eigenvalue weighted by Gasteiger charge is -2.11. The van der Waals surface area contributed by atoms with E-state index in [0.717, 1.165) is 30.7 Å². The molecule has 112 valence electrons. The van der Waals surface area contributed by atoms with Gasteiger partial charge >= 0.3 is 0 Å². The standard InChI is InChI=1S/C15H23ClN2O2/c1-11-9-12(2)15(13(16)10-11)18-14(19)5-7-17-6-4-8-20-3/h9-10,17H,4-8H2,1-3H3,(H,18,19). The molecule has 1 aromatic carbocycles. The van der Waals surface area contributed by atoms with E-state index in [0.29, 0.717) is 23.7 Å². The summed E-state index contributed by atoms with van der Waals surface area (Å²) in [5.74, 6) is -0.0295. The molecule has 0 aliphatic carbocycles. The number of methoxy groups -OCH3 is 1. The van der Waals surface area contributed by atoms with Gasteiger partial charge < -0.3 is 15.4 Å². The maximum absolute atomic E-state index is 11.9. The summed E-state index contributed by atoms with van der Waals surface area (Å²) in [6, 6.07) is 3.86. The fourth-order valence-electron chi connectivity index (χ4n) is 1.94. The van der Waals surface area contributed by atoms with Gasteiger partial charge in [-0.05, 0) is 44.0 Å². The summed E-state index contributed by atoms with van der Waals surface area (Å²) in [7, 11) is 1.68. The Bertz CT molecular complexity index is 426. The number of hydrogen-bond acceptors (Lipinski definition) is 3. The predicted octanol–water partition coefficient (Wildman–Crippen LogP) is 2.91. The highest BCUT2D eigenvalue weighted by Crippen LogP contribution is 2.27. The third kappa shape index (κ3) is 5.90. The number of hydrogen-bond donors (Lipinski definition) is 2. The molecular weight excluding hydrogens is 276 g/mol. The monoisotopic (exact) mass is 298 g/mol. The van der Waals surface area contributed by atoms with Crippen LogP contribution < -0.4 is 10.6 Å². The Morgan fingerprint density at radius 2 is 2.05 bits per heavy atom. The Labute approximate surface area is 125 Å². The molecule has 0 saturated heterocycles. The second-order valence-corrected chi connectivity index (χ2v) is 5.24. The number of rotatable bonds is 8. The van der Waals surface area contributed by atoms with Crippen LogP contribution in [0.4, 0.5) is 5.69 Å². The minimum atomic E-state index is -0.0295. The molecule has 1 aromatic rings. The number of halogens is 1. The third-order valence-electron chi connectivity index (χ3n) is 2.93. The molecule has 0 fully saturated rings. The van der Waals surface area contributed by atoms with E-state index in [-0.39, 0.29) is 5.91 Å². The van der Waals surface area contributed by atoms with E-state index in [4.69, 9.17) is 16.3 Å². The van der Waals surface area contributed by atoms with Crippen LogP contribution in [-0.4, -0.2) is 32.7 Å². The normalized spacial score (nSPS) is 10.6. The van der Waals surface area contributed by atoms with Crippen LogP contribution >= 0.6 is 11.6 Å². The number of anilines is 1. The van der Waals surface area contributed by atoms with Crippen molar-refractivity contribution in [1.82, 2.24) is 5.32 Å². The summed E-state index contributed by atoms with van der Waals surface area (Å²) >= 11 is 6.15. The second-order valence-electron chi connectivity index (χ2n) is 4.83. The summed E-state index contributed by atoms with van der Waals surface area (Å²) in [5, 5.41) is 6.66. The molecule has 4 nitrogen and oxygen atoms in total. The number of benzene rings is 1. The summed E-state index contributed by atoms with van der Waals surface area (Å²) < 4.78 is 4.95. The SMILES string of the molecule is COCCCNCCC(=O)Nc1c(C)cc(C)cc1Cl. The molecular formula is C15H23ClN2O2. The Morgan fingerprint density at radius 1 is 1.30 bits per heavy atom. The molecule has 0 saturated carbocycles. The lowest BCUT2D eigenvalue weighted by atomic mass is 10.1. The van der Waals surface area contributed by atoms with Gasteiger partial charge in [0.2, 0.25) is 5.91 Å². The molecule has 20 heavy (non-hydrogen) atoms. The zero-order chi connectivity index (χ0) is 15.0. The number of ether oxygens (including phenoxy) is 1. The molecule has 2 N–H and O–H groups in total. The quantitative estimate of drug-likeness (QED) is 0.726. The number of carbonyl (C=O) groups is 1. The lowest BCUT2D eigenvalue weighted by molar-refractivity contribution is -0.116. The minimum Gasteiger partial charge on any atom is -0.385 e. The maximum atomic E-state index is 11.9. The van der Waals surface area contributed by atoms with Crippen molar-refractivity contribution in [2.45, 2.75) is 26.7 Å². The van der Waals surface area contributed by atoms with Crippen molar-refractivity contribution < 1.29 is 9.53 Å². The van der Waals surface area contributed by atoms with Gasteiger partial charge in [0.1, 0.15) is 0 Å². The van der Waals surface area contributed by atoms with Crippen LogP contribution in [0.2, 0.25) is 5.02 Å². The van der Waals surface area contributed by atoms with Gasteiger partial charge in [-0.3, -0.25) is 4.79 Å². The molecule has 0 spiro atoms. The topological polar surface area (TPSA) is 50.4 Å². The molecule has 0 aliphatic heterocycles. The zero-order valence-corrected chi connectivity index (χ0v) is 13.1. The molecule has 0 aromatic heterocycles. The van der Waals surface area contributed by atoms with Crippen LogP contribution in [0.5, 0.6) is 0 Å². The van der Waals surface area contributed by atoms with Gasteiger partial charge in [-0.15, -0.1) is 0 Å². The molecule has 0 heterocycles. The van der Waals surface area contributed by atoms with Crippen molar-refractivity contribution >= 4 is 23.2 Å². The van der Waals surface area contributed by atoms with Crippen molar-refractivity contribution in [3.8, 4) is 0 Å². The van der Waals surface area contributed by atoms with Crippen molar-refractivity contribution in [3.63, 3.8) is 0 Å². The molecule has 1 amide bonds. The predicted molar refractivity (Wildman–Crippen MR) is 83.5 cm³/mol. The molecule has 5 heteroatoms. The highest BCUT2D eigenvalue weighted by atomic mass is 35.5. The maximum Gasteiger partial charge on any atom is 0.225 e.